The van der Waals surface area contributed by atoms with Gasteiger partial charge in [-0.15, -0.1) is 0 Å². The first-order valence-corrected chi connectivity index (χ1v) is 10.4. The first-order valence-electron chi connectivity index (χ1n) is 10.4. The number of aryl methyl sites for hydroxylation is 1. The lowest BCUT2D eigenvalue weighted by Gasteiger charge is -2.35. The number of rotatable bonds is 8. The smallest absolute Gasteiger partial charge is 0.257 e. The summed E-state index contributed by atoms with van der Waals surface area (Å²) in [5.41, 5.74) is 1.71. The zero-order valence-electron chi connectivity index (χ0n) is 17.0. The molecule has 0 N–H and O–H groups in total. The van der Waals surface area contributed by atoms with E-state index in [0.717, 1.165) is 57.5 Å². The van der Waals surface area contributed by atoms with Gasteiger partial charge < -0.3 is 9.80 Å². The predicted molar refractivity (Wildman–Crippen MR) is 109 cm³/mol. The van der Waals surface area contributed by atoms with Crippen LogP contribution in [0.1, 0.15) is 42.6 Å². The number of hydrogen-bond acceptors (Lipinski definition) is 3. The maximum Gasteiger partial charge on any atom is 0.257 e. The molecule has 5 nitrogen and oxygen atoms in total. The molecule has 0 aliphatic carbocycles. The molecule has 1 aliphatic heterocycles. The molecule has 1 aromatic heterocycles. The lowest BCUT2D eigenvalue weighted by atomic mass is 9.96. The molecule has 152 valence electrons. The highest BCUT2D eigenvalue weighted by Gasteiger charge is 2.24. The van der Waals surface area contributed by atoms with Gasteiger partial charge in [0.2, 0.25) is 0 Å². The van der Waals surface area contributed by atoms with Crippen LogP contribution in [0.2, 0.25) is 0 Å². The average molecular weight is 387 g/mol. The highest BCUT2D eigenvalue weighted by molar-refractivity contribution is 5.93. The number of aromatic nitrogens is 2. The molecular weight excluding hydrogens is 355 g/mol. The Balaban J connectivity index is 1.53. The second-order valence-corrected chi connectivity index (χ2v) is 7.62. The minimum Gasteiger partial charge on any atom is -0.339 e. The van der Waals surface area contributed by atoms with Gasteiger partial charge >= 0.3 is 0 Å². The minimum atomic E-state index is -0.169. The number of carbonyl (C=O) groups excluding carboxylic acids is 1. The fraction of sp³-hybridized carbons (Fsp3) is 0.545. The van der Waals surface area contributed by atoms with Crippen molar-refractivity contribution in [3.05, 3.63) is 53.6 Å². The van der Waals surface area contributed by atoms with Crippen molar-refractivity contribution in [2.24, 2.45) is 5.92 Å². The average Bonchev–Trinajstić information content (AvgIpc) is 3.20. The third-order valence-corrected chi connectivity index (χ3v) is 5.56. The molecule has 1 aromatic carbocycles. The molecule has 1 saturated heterocycles. The molecule has 1 unspecified atom stereocenters. The van der Waals surface area contributed by atoms with Gasteiger partial charge in [0.05, 0.1) is 11.8 Å². The second-order valence-electron chi connectivity index (χ2n) is 7.62. The number of likely N-dealkylation sites (tertiary alicyclic amines) is 1. The summed E-state index contributed by atoms with van der Waals surface area (Å²) in [7, 11) is 0. The molecule has 1 fully saturated rings. The van der Waals surface area contributed by atoms with Gasteiger partial charge in [-0.1, -0.05) is 12.1 Å². The lowest BCUT2D eigenvalue weighted by molar-refractivity contribution is 0.0690. The van der Waals surface area contributed by atoms with Crippen molar-refractivity contribution >= 4 is 5.91 Å². The highest BCUT2D eigenvalue weighted by atomic mass is 19.1. The van der Waals surface area contributed by atoms with E-state index in [1.807, 2.05) is 31.0 Å². The monoisotopic (exact) mass is 386 g/mol. The van der Waals surface area contributed by atoms with E-state index in [-0.39, 0.29) is 11.7 Å². The number of amides is 1. The van der Waals surface area contributed by atoms with Gasteiger partial charge in [0.1, 0.15) is 5.82 Å². The lowest BCUT2D eigenvalue weighted by Crippen LogP contribution is -2.43. The molecule has 1 amide bonds. The van der Waals surface area contributed by atoms with E-state index in [0.29, 0.717) is 18.0 Å². The maximum atomic E-state index is 13.4. The van der Waals surface area contributed by atoms with Crippen LogP contribution in [0.25, 0.3) is 0 Å². The number of carbonyl (C=O) groups is 1. The molecule has 28 heavy (non-hydrogen) atoms. The third kappa shape index (κ3) is 5.41. The van der Waals surface area contributed by atoms with Crippen molar-refractivity contribution < 1.29 is 9.18 Å². The van der Waals surface area contributed by atoms with E-state index in [9.17, 15) is 9.18 Å². The van der Waals surface area contributed by atoms with Gasteiger partial charge in [-0.05, 0) is 63.3 Å². The Hall–Kier alpha value is -2.21. The van der Waals surface area contributed by atoms with Crippen molar-refractivity contribution in [2.45, 2.75) is 39.7 Å². The van der Waals surface area contributed by atoms with E-state index in [1.54, 1.807) is 23.0 Å². The maximum absolute atomic E-state index is 13.4. The van der Waals surface area contributed by atoms with Crippen LogP contribution >= 0.6 is 0 Å². The predicted octanol–water partition coefficient (Wildman–Crippen LogP) is 3.46. The van der Waals surface area contributed by atoms with Crippen molar-refractivity contribution in [1.29, 1.82) is 0 Å². The Morgan fingerprint density at radius 3 is 2.93 bits per heavy atom. The van der Waals surface area contributed by atoms with E-state index >= 15 is 0 Å². The van der Waals surface area contributed by atoms with Crippen LogP contribution in [0.4, 0.5) is 4.39 Å². The first-order chi connectivity index (χ1) is 13.6. The van der Waals surface area contributed by atoms with Crippen LogP contribution in [-0.4, -0.2) is 58.2 Å². The Morgan fingerprint density at radius 2 is 2.21 bits per heavy atom. The topological polar surface area (TPSA) is 41.4 Å². The van der Waals surface area contributed by atoms with Gasteiger partial charge in [-0.2, -0.15) is 5.10 Å². The zero-order chi connectivity index (χ0) is 19.9. The van der Waals surface area contributed by atoms with Crippen molar-refractivity contribution in [3.8, 4) is 0 Å². The zero-order valence-corrected chi connectivity index (χ0v) is 17.0. The first kappa shape index (κ1) is 20.5. The number of hydrogen-bond donors (Lipinski definition) is 0. The van der Waals surface area contributed by atoms with Crippen molar-refractivity contribution in [2.75, 3.05) is 32.7 Å². The Labute approximate surface area is 167 Å². The molecule has 0 saturated carbocycles. The van der Waals surface area contributed by atoms with Gasteiger partial charge in [-0.3, -0.25) is 9.48 Å². The van der Waals surface area contributed by atoms with Crippen LogP contribution in [-0.2, 0) is 13.0 Å². The summed E-state index contributed by atoms with van der Waals surface area (Å²) < 4.78 is 15.1. The second kappa shape index (κ2) is 9.82. The van der Waals surface area contributed by atoms with Crippen LogP contribution in [0.3, 0.4) is 0 Å². The summed E-state index contributed by atoms with van der Waals surface area (Å²) in [5, 5.41) is 4.22. The van der Waals surface area contributed by atoms with E-state index in [2.05, 4.69) is 10.00 Å². The molecule has 0 bridgehead atoms. The van der Waals surface area contributed by atoms with E-state index in [1.165, 1.54) is 6.07 Å². The highest BCUT2D eigenvalue weighted by Crippen LogP contribution is 2.19. The van der Waals surface area contributed by atoms with Crippen LogP contribution < -0.4 is 0 Å². The Morgan fingerprint density at radius 1 is 1.36 bits per heavy atom. The summed E-state index contributed by atoms with van der Waals surface area (Å²) in [6.45, 7) is 9.30. The molecule has 2 aromatic rings. The SMILES string of the molecule is CCN(CC1CCCN(CCc2cccc(F)c2)C1)C(=O)c1cnn(CC)c1. The molecule has 1 aliphatic rings. The molecule has 1 atom stereocenters. The standard InChI is InChI=1S/C22H31FN4O/c1-3-26(22(28)20-14-24-27(4-2)17-20)16-19-8-6-11-25(15-19)12-10-18-7-5-9-21(23)13-18/h5,7,9,13-14,17,19H,3-4,6,8,10-12,15-16H2,1-2H3. The number of benzene rings is 1. The van der Waals surface area contributed by atoms with Crippen LogP contribution in [0, 0.1) is 11.7 Å². The third-order valence-electron chi connectivity index (χ3n) is 5.56. The number of halogens is 1. The normalized spacial score (nSPS) is 17.6. The number of nitrogens with zero attached hydrogens (tertiary/aromatic N) is 4. The minimum absolute atomic E-state index is 0.0686. The Bertz CT molecular complexity index is 775. The largest absolute Gasteiger partial charge is 0.339 e. The fourth-order valence-electron chi connectivity index (χ4n) is 3.98. The molecular formula is C22H31FN4O. The van der Waals surface area contributed by atoms with E-state index < -0.39 is 0 Å². The van der Waals surface area contributed by atoms with Gasteiger partial charge in [0, 0.05) is 38.9 Å². The molecule has 2 heterocycles. The summed E-state index contributed by atoms with van der Waals surface area (Å²) in [4.78, 5) is 17.2. The number of piperidine rings is 1. The molecule has 6 heteroatoms. The fourth-order valence-corrected chi connectivity index (χ4v) is 3.98. The van der Waals surface area contributed by atoms with Gasteiger partial charge in [0.25, 0.3) is 5.91 Å². The van der Waals surface area contributed by atoms with Crippen LogP contribution in [0.5, 0.6) is 0 Å². The quantitative estimate of drug-likeness (QED) is 0.698. The van der Waals surface area contributed by atoms with E-state index in [4.69, 9.17) is 0 Å². The molecule has 0 spiro atoms. The summed E-state index contributed by atoms with van der Waals surface area (Å²) in [6.07, 6.45) is 6.65. The summed E-state index contributed by atoms with van der Waals surface area (Å²) in [5.74, 6) is 0.378. The summed E-state index contributed by atoms with van der Waals surface area (Å²) >= 11 is 0. The van der Waals surface area contributed by atoms with Crippen LogP contribution in [0.15, 0.2) is 36.7 Å². The van der Waals surface area contributed by atoms with Gasteiger partial charge in [-0.25, -0.2) is 4.39 Å². The van der Waals surface area contributed by atoms with Crippen molar-refractivity contribution in [1.82, 2.24) is 19.6 Å². The molecule has 3 rings (SSSR count). The van der Waals surface area contributed by atoms with Crippen molar-refractivity contribution in [3.63, 3.8) is 0 Å². The van der Waals surface area contributed by atoms with Gasteiger partial charge in [0.15, 0.2) is 0 Å². The summed E-state index contributed by atoms with van der Waals surface area (Å²) in [6, 6.07) is 6.87. The molecule has 0 radical (unpaired) electrons. The Kier molecular flexibility index (Phi) is 7.20.